The van der Waals surface area contributed by atoms with Crippen LogP contribution in [0.1, 0.15) is 0 Å². The second-order valence-electron chi connectivity index (χ2n) is 0.691. The molecule has 0 radical (unpaired) electrons. The molecular weight excluding hydrogens is 112 g/mol. The fraction of sp³-hybridized carbons (Fsp3) is 0. The SMILES string of the molecule is N=C=CC=C=NCl. The molecule has 0 aromatic rings. The van der Waals surface area contributed by atoms with Crippen molar-refractivity contribution in [3.8, 4) is 0 Å². The van der Waals surface area contributed by atoms with Crippen LogP contribution in [0.2, 0.25) is 0 Å². The van der Waals surface area contributed by atoms with Crippen LogP contribution in [0.5, 0.6) is 0 Å². The molecule has 36 valence electrons. The van der Waals surface area contributed by atoms with Crippen LogP contribution in [0, 0.1) is 5.41 Å². The Bertz CT molecular complexity index is 138. The van der Waals surface area contributed by atoms with Crippen molar-refractivity contribution in [1.82, 2.24) is 0 Å². The zero-order valence-electron chi connectivity index (χ0n) is 3.48. The summed E-state index contributed by atoms with van der Waals surface area (Å²) in [5.74, 6) is 4.27. The van der Waals surface area contributed by atoms with Gasteiger partial charge in [0.2, 0.25) is 0 Å². The van der Waals surface area contributed by atoms with E-state index in [-0.39, 0.29) is 0 Å². The number of hydrogen-bond donors (Lipinski definition) is 1. The van der Waals surface area contributed by atoms with Gasteiger partial charge in [-0.05, 0) is 5.87 Å². The highest BCUT2D eigenvalue weighted by atomic mass is 35.5. The molecule has 0 spiro atoms. The number of allylic oxidation sites excluding steroid dienone is 2. The normalized spacial score (nSPS) is 5.29. The van der Waals surface area contributed by atoms with Crippen LogP contribution in [-0.4, -0.2) is 11.7 Å². The molecule has 1 N–H and O–H groups in total. The second kappa shape index (κ2) is 5.19. The Balaban J connectivity index is 3.71. The molecule has 0 heterocycles. The number of nitrogens with zero attached hydrogens (tertiary/aromatic N) is 1. The maximum atomic E-state index is 6.32. The summed E-state index contributed by atoms with van der Waals surface area (Å²) < 4.78 is 2.99. The molecule has 0 fully saturated rings. The van der Waals surface area contributed by atoms with Crippen molar-refractivity contribution in [3.63, 3.8) is 0 Å². The first-order valence-electron chi connectivity index (χ1n) is 1.55. The van der Waals surface area contributed by atoms with E-state index < -0.39 is 0 Å². The number of hydrogen-bond acceptors (Lipinski definition) is 2. The molecule has 7 heavy (non-hydrogen) atoms. The lowest BCUT2D eigenvalue weighted by Gasteiger charge is -1.52. The largest absolute Gasteiger partial charge is 0.259 e. The first-order valence-corrected chi connectivity index (χ1v) is 1.89. The highest BCUT2D eigenvalue weighted by Gasteiger charge is 1.49. The van der Waals surface area contributed by atoms with Crippen LogP contribution >= 0.6 is 11.8 Å². The molecule has 0 saturated heterocycles. The molecule has 0 aromatic heterocycles. The molecule has 0 atom stereocenters. The molecule has 2 nitrogen and oxygen atoms in total. The molecule has 0 rings (SSSR count). The first kappa shape index (κ1) is 6.19. The van der Waals surface area contributed by atoms with E-state index in [1.807, 2.05) is 5.87 Å². The highest BCUT2D eigenvalue weighted by molar-refractivity contribution is 6.17. The van der Waals surface area contributed by atoms with Gasteiger partial charge in [-0.3, -0.25) is 5.41 Å². The zero-order chi connectivity index (χ0) is 5.54. The smallest absolute Gasteiger partial charge is 0.0465 e. The van der Waals surface area contributed by atoms with Crippen LogP contribution in [-0.2, 0) is 0 Å². The fourth-order valence-corrected chi connectivity index (χ4v) is 0.163. The van der Waals surface area contributed by atoms with Crippen molar-refractivity contribution in [2.24, 2.45) is 4.51 Å². The third-order valence-electron chi connectivity index (χ3n) is 0.290. The quantitative estimate of drug-likeness (QED) is 0.393. The average molecular weight is 115 g/mol. The van der Waals surface area contributed by atoms with Crippen molar-refractivity contribution in [3.05, 3.63) is 12.2 Å². The highest BCUT2D eigenvalue weighted by Crippen LogP contribution is 1.65. The van der Waals surface area contributed by atoms with Gasteiger partial charge in [0.15, 0.2) is 0 Å². The van der Waals surface area contributed by atoms with Gasteiger partial charge in [0, 0.05) is 29.8 Å². The summed E-state index contributed by atoms with van der Waals surface area (Å²) >= 11 is 4.81. The molecule has 0 amide bonds. The lowest BCUT2D eigenvalue weighted by atomic mass is 10.6. The van der Waals surface area contributed by atoms with E-state index in [4.69, 9.17) is 17.2 Å². The second-order valence-corrected chi connectivity index (χ2v) is 0.860. The summed E-state index contributed by atoms with van der Waals surface area (Å²) in [6.45, 7) is 0. The minimum Gasteiger partial charge on any atom is -0.259 e. The van der Waals surface area contributed by atoms with Crippen molar-refractivity contribution in [1.29, 1.82) is 5.41 Å². The Hall–Kier alpha value is -0.810. The third-order valence-corrected chi connectivity index (χ3v) is 0.388. The van der Waals surface area contributed by atoms with Gasteiger partial charge in [-0.1, -0.05) is 0 Å². The summed E-state index contributed by atoms with van der Waals surface area (Å²) in [7, 11) is 0. The topological polar surface area (TPSA) is 36.2 Å². The lowest BCUT2D eigenvalue weighted by molar-refractivity contribution is 1.59. The van der Waals surface area contributed by atoms with Gasteiger partial charge in [0.25, 0.3) is 0 Å². The van der Waals surface area contributed by atoms with Crippen molar-refractivity contribution < 1.29 is 0 Å². The van der Waals surface area contributed by atoms with Crippen molar-refractivity contribution in [2.45, 2.75) is 0 Å². The Labute approximate surface area is 46.5 Å². The van der Waals surface area contributed by atoms with Gasteiger partial charge >= 0.3 is 0 Å². The molecule has 0 unspecified atom stereocenters. The van der Waals surface area contributed by atoms with Crippen molar-refractivity contribution in [2.75, 3.05) is 0 Å². The monoisotopic (exact) mass is 114 g/mol. The molecule has 0 aromatic carbocycles. The molecule has 0 aliphatic rings. The van der Waals surface area contributed by atoms with Gasteiger partial charge in [-0.25, -0.2) is 0 Å². The fourth-order valence-electron chi connectivity index (χ4n) is 0.107. The number of halogens is 1. The molecule has 0 saturated carbocycles. The minimum absolute atomic E-state index is 1.34. The Morgan fingerprint density at radius 3 is 2.71 bits per heavy atom. The van der Waals surface area contributed by atoms with Crippen LogP contribution in [0.4, 0.5) is 0 Å². The predicted molar refractivity (Wildman–Crippen MR) is 30.2 cm³/mol. The maximum absolute atomic E-state index is 6.32. The van der Waals surface area contributed by atoms with Gasteiger partial charge in [0.1, 0.15) is 0 Å². The summed E-state index contributed by atoms with van der Waals surface area (Å²) in [6, 6.07) is 0. The van der Waals surface area contributed by atoms with Gasteiger partial charge in [-0.15, -0.1) is 4.51 Å². The minimum atomic E-state index is 1.34. The molecule has 0 aliphatic carbocycles. The average Bonchev–Trinajstić information content (AvgIpc) is 1.69. The zero-order valence-corrected chi connectivity index (χ0v) is 4.24. The van der Waals surface area contributed by atoms with E-state index in [2.05, 4.69) is 10.4 Å². The summed E-state index contributed by atoms with van der Waals surface area (Å²) in [5, 5.41) is 6.32. The van der Waals surface area contributed by atoms with Crippen LogP contribution < -0.4 is 0 Å². The number of rotatable bonds is 1. The van der Waals surface area contributed by atoms with Gasteiger partial charge in [0.05, 0.1) is 0 Å². The van der Waals surface area contributed by atoms with Gasteiger partial charge in [-0.2, -0.15) is 0 Å². The van der Waals surface area contributed by atoms with Crippen LogP contribution in [0.25, 0.3) is 0 Å². The standard InChI is InChI=1S/C4H3ClN2/c5-7-4-2-1-3-6/h1-2,6H. The van der Waals surface area contributed by atoms with E-state index >= 15 is 0 Å². The van der Waals surface area contributed by atoms with Crippen molar-refractivity contribution >= 4 is 23.5 Å². The van der Waals surface area contributed by atoms with E-state index in [0.29, 0.717) is 0 Å². The molecule has 3 heteroatoms. The maximum Gasteiger partial charge on any atom is 0.0465 e. The molecule has 0 aliphatic heterocycles. The van der Waals surface area contributed by atoms with Crippen LogP contribution in [0.15, 0.2) is 16.7 Å². The summed E-state index contributed by atoms with van der Waals surface area (Å²) in [4.78, 5) is 0. The van der Waals surface area contributed by atoms with Crippen LogP contribution in [0.3, 0.4) is 0 Å². The van der Waals surface area contributed by atoms with E-state index in [9.17, 15) is 0 Å². The van der Waals surface area contributed by atoms with E-state index in [0.717, 1.165) is 0 Å². The molecular formula is C4H3ClN2. The number of nitrogens with one attached hydrogen (secondary N) is 1. The predicted octanol–water partition coefficient (Wildman–Crippen LogP) is 1.17. The third kappa shape index (κ3) is 5.19. The lowest BCUT2D eigenvalue weighted by Crippen LogP contribution is -1.46. The van der Waals surface area contributed by atoms with E-state index in [1.165, 1.54) is 12.2 Å². The van der Waals surface area contributed by atoms with E-state index in [1.54, 1.807) is 0 Å². The first-order chi connectivity index (χ1) is 3.41. The summed E-state index contributed by atoms with van der Waals surface area (Å²) in [5.41, 5.74) is 0. The molecule has 0 bridgehead atoms. The Morgan fingerprint density at radius 2 is 2.29 bits per heavy atom. The Morgan fingerprint density at radius 1 is 1.57 bits per heavy atom. The summed E-state index contributed by atoms with van der Waals surface area (Å²) in [6.07, 6.45) is 2.73. The van der Waals surface area contributed by atoms with Gasteiger partial charge < -0.3 is 0 Å². The Kier molecular flexibility index (Phi) is 4.59.